The van der Waals surface area contributed by atoms with Gasteiger partial charge in [-0.15, -0.1) is 11.3 Å². The highest BCUT2D eigenvalue weighted by atomic mass is 32.1. The number of thiazole rings is 1. The monoisotopic (exact) mass is 367 g/mol. The maximum absolute atomic E-state index is 13.2. The number of benzene rings is 1. The molecule has 0 aliphatic carbocycles. The van der Waals surface area contributed by atoms with Crippen molar-refractivity contribution < 1.29 is 9.53 Å². The molecule has 3 heterocycles. The molecule has 4 rings (SSSR count). The van der Waals surface area contributed by atoms with Crippen LogP contribution < -0.4 is 0 Å². The quantitative estimate of drug-likeness (QED) is 0.708. The summed E-state index contributed by atoms with van der Waals surface area (Å²) >= 11 is 1.57. The van der Waals surface area contributed by atoms with E-state index in [2.05, 4.69) is 4.98 Å². The predicted molar refractivity (Wildman–Crippen MR) is 102 cm³/mol. The zero-order valence-corrected chi connectivity index (χ0v) is 15.7. The summed E-state index contributed by atoms with van der Waals surface area (Å²) in [7, 11) is 0. The summed E-state index contributed by atoms with van der Waals surface area (Å²) in [5, 5.41) is 2.84. The van der Waals surface area contributed by atoms with Gasteiger partial charge in [-0.1, -0.05) is 30.3 Å². The Labute approximate surface area is 156 Å². The number of carbonyl (C=O) groups is 1. The van der Waals surface area contributed by atoms with E-state index in [1.807, 2.05) is 65.1 Å². The van der Waals surface area contributed by atoms with Gasteiger partial charge < -0.3 is 9.64 Å². The number of hydrogen-bond acceptors (Lipinski definition) is 4. The van der Waals surface area contributed by atoms with E-state index in [1.54, 1.807) is 17.5 Å². The fraction of sp³-hybridized carbons (Fsp3) is 0.300. The van der Waals surface area contributed by atoms with E-state index in [4.69, 9.17) is 4.74 Å². The van der Waals surface area contributed by atoms with Crippen molar-refractivity contribution in [3.63, 3.8) is 0 Å². The SMILES string of the molecule is Cc1cc(C(=O)N2CCOC(c3ccccc3)C2)c(C)n1-c1nccs1. The molecule has 1 aliphatic heterocycles. The molecule has 0 bridgehead atoms. The van der Waals surface area contributed by atoms with Crippen LogP contribution in [0.1, 0.15) is 33.4 Å². The molecule has 1 atom stereocenters. The third kappa shape index (κ3) is 3.06. The van der Waals surface area contributed by atoms with E-state index in [1.165, 1.54) is 0 Å². The lowest BCUT2D eigenvalue weighted by molar-refractivity contribution is -0.0228. The third-order valence-electron chi connectivity index (χ3n) is 4.80. The van der Waals surface area contributed by atoms with Gasteiger partial charge in [0.25, 0.3) is 5.91 Å². The van der Waals surface area contributed by atoms with Crippen molar-refractivity contribution in [1.29, 1.82) is 0 Å². The second-order valence-corrected chi connectivity index (χ2v) is 7.33. The Morgan fingerprint density at radius 2 is 2.08 bits per heavy atom. The lowest BCUT2D eigenvalue weighted by Gasteiger charge is -2.33. The highest BCUT2D eigenvalue weighted by Gasteiger charge is 2.28. The number of aromatic nitrogens is 2. The molecular weight excluding hydrogens is 346 g/mol. The zero-order chi connectivity index (χ0) is 18.1. The summed E-state index contributed by atoms with van der Waals surface area (Å²) in [4.78, 5) is 19.5. The van der Waals surface area contributed by atoms with Gasteiger partial charge in [0.05, 0.1) is 18.7 Å². The second kappa shape index (κ2) is 7.05. The zero-order valence-electron chi connectivity index (χ0n) is 14.9. The Morgan fingerprint density at radius 1 is 1.27 bits per heavy atom. The Bertz CT molecular complexity index is 903. The molecule has 1 aliphatic rings. The fourth-order valence-corrected chi connectivity index (χ4v) is 4.22. The number of amides is 1. The average Bonchev–Trinajstić information content (AvgIpc) is 3.29. The molecule has 1 fully saturated rings. The number of nitrogens with zero attached hydrogens (tertiary/aromatic N) is 3. The van der Waals surface area contributed by atoms with Gasteiger partial charge in [0.1, 0.15) is 6.10 Å². The molecule has 6 heteroatoms. The van der Waals surface area contributed by atoms with Gasteiger partial charge in [0.2, 0.25) is 0 Å². The van der Waals surface area contributed by atoms with Crippen LogP contribution in [0.5, 0.6) is 0 Å². The molecule has 1 unspecified atom stereocenters. The van der Waals surface area contributed by atoms with Crippen molar-refractivity contribution in [3.8, 4) is 5.13 Å². The summed E-state index contributed by atoms with van der Waals surface area (Å²) in [5.41, 5.74) is 3.81. The van der Waals surface area contributed by atoms with Crippen LogP contribution >= 0.6 is 11.3 Å². The van der Waals surface area contributed by atoms with Crippen molar-refractivity contribution in [2.45, 2.75) is 20.0 Å². The van der Waals surface area contributed by atoms with Gasteiger partial charge in [-0.2, -0.15) is 0 Å². The molecule has 5 nitrogen and oxygen atoms in total. The first kappa shape index (κ1) is 17.0. The van der Waals surface area contributed by atoms with Crippen LogP contribution in [0.4, 0.5) is 0 Å². The van der Waals surface area contributed by atoms with Crippen molar-refractivity contribution in [2.75, 3.05) is 19.7 Å². The van der Waals surface area contributed by atoms with Gasteiger partial charge in [0.15, 0.2) is 5.13 Å². The smallest absolute Gasteiger partial charge is 0.255 e. The lowest BCUT2D eigenvalue weighted by Crippen LogP contribution is -2.42. The van der Waals surface area contributed by atoms with E-state index in [0.29, 0.717) is 19.7 Å². The molecule has 0 radical (unpaired) electrons. The molecule has 1 aromatic carbocycles. The third-order valence-corrected chi connectivity index (χ3v) is 5.55. The Balaban J connectivity index is 1.59. The van der Waals surface area contributed by atoms with Crippen LogP contribution in [-0.2, 0) is 4.74 Å². The van der Waals surface area contributed by atoms with Crippen molar-refractivity contribution >= 4 is 17.2 Å². The summed E-state index contributed by atoms with van der Waals surface area (Å²) in [6, 6.07) is 12.1. The number of ether oxygens (including phenoxy) is 1. The Hall–Kier alpha value is -2.44. The summed E-state index contributed by atoms with van der Waals surface area (Å²) < 4.78 is 7.94. The summed E-state index contributed by atoms with van der Waals surface area (Å²) in [5.74, 6) is 0.0603. The largest absolute Gasteiger partial charge is 0.370 e. The van der Waals surface area contributed by atoms with E-state index < -0.39 is 0 Å². The van der Waals surface area contributed by atoms with Crippen molar-refractivity contribution in [2.24, 2.45) is 0 Å². The maximum Gasteiger partial charge on any atom is 0.255 e. The van der Waals surface area contributed by atoms with Crippen LogP contribution in [0.2, 0.25) is 0 Å². The predicted octanol–water partition coefficient (Wildman–Crippen LogP) is 3.76. The van der Waals surface area contributed by atoms with Gasteiger partial charge >= 0.3 is 0 Å². The summed E-state index contributed by atoms with van der Waals surface area (Å²) in [6.45, 7) is 5.73. The van der Waals surface area contributed by atoms with Gasteiger partial charge in [-0.25, -0.2) is 4.98 Å². The first-order chi connectivity index (χ1) is 12.6. The fourth-order valence-electron chi connectivity index (χ4n) is 3.47. The minimum atomic E-state index is -0.0728. The van der Waals surface area contributed by atoms with E-state index in [9.17, 15) is 4.79 Å². The van der Waals surface area contributed by atoms with E-state index in [0.717, 1.165) is 27.6 Å². The number of morpholine rings is 1. The molecule has 1 saturated heterocycles. The van der Waals surface area contributed by atoms with Crippen LogP contribution in [0, 0.1) is 13.8 Å². The normalized spacial score (nSPS) is 17.5. The number of rotatable bonds is 3. The maximum atomic E-state index is 13.2. The standard InChI is InChI=1S/C20H21N3O2S/c1-14-12-17(15(2)23(14)20-21-8-11-26-20)19(24)22-9-10-25-18(13-22)16-6-4-3-5-7-16/h3-8,11-12,18H,9-10,13H2,1-2H3. The number of aryl methyl sites for hydroxylation is 1. The van der Waals surface area contributed by atoms with Crippen LogP contribution in [0.25, 0.3) is 5.13 Å². The van der Waals surface area contributed by atoms with Crippen molar-refractivity contribution in [3.05, 3.63) is 70.5 Å². The minimum Gasteiger partial charge on any atom is -0.370 e. The van der Waals surface area contributed by atoms with Gasteiger partial charge in [-0.3, -0.25) is 9.36 Å². The van der Waals surface area contributed by atoms with Gasteiger partial charge in [-0.05, 0) is 25.5 Å². The molecule has 2 aromatic heterocycles. The second-order valence-electron chi connectivity index (χ2n) is 6.46. The average molecular weight is 367 g/mol. The van der Waals surface area contributed by atoms with Crippen LogP contribution in [-0.4, -0.2) is 40.1 Å². The lowest BCUT2D eigenvalue weighted by atomic mass is 10.1. The molecule has 1 amide bonds. The minimum absolute atomic E-state index is 0.0603. The molecule has 0 spiro atoms. The molecule has 3 aromatic rings. The number of carbonyl (C=O) groups excluding carboxylic acids is 1. The molecule has 134 valence electrons. The number of hydrogen-bond donors (Lipinski definition) is 0. The van der Waals surface area contributed by atoms with Crippen molar-refractivity contribution in [1.82, 2.24) is 14.5 Å². The summed E-state index contributed by atoms with van der Waals surface area (Å²) in [6.07, 6.45) is 1.71. The van der Waals surface area contributed by atoms with Crippen LogP contribution in [0.15, 0.2) is 48.0 Å². The molecule has 0 saturated carbocycles. The first-order valence-corrected chi connectivity index (χ1v) is 9.57. The Morgan fingerprint density at radius 3 is 2.81 bits per heavy atom. The van der Waals surface area contributed by atoms with Gasteiger partial charge in [0, 0.05) is 29.5 Å². The van der Waals surface area contributed by atoms with E-state index in [-0.39, 0.29) is 12.0 Å². The topological polar surface area (TPSA) is 47.4 Å². The van der Waals surface area contributed by atoms with E-state index >= 15 is 0 Å². The molecule has 26 heavy (non-hydrogen) atoms. The highest BCUT2D eigenvalue weighted by molar-refractivity contribution is 7.12. The van der Waals surface area contributed by atoms with Crippen LogP contribution in [0.3, 0.4) is 0 Å². The molecule has 0 N–H and O–H groups in total. The highest BCUT2D eigenvalue weighted by Crippen LogP contribution is 2.26. The molecular formula is C20H21N3O2S. The first-order valence-electron chi connectivity index (χ1n) is 8.70. The Kier molecular flexibility index (Phi) is 4.61.